The average Bonchev–Trinajstić information content (AvgIpc) is 2.85. The lowest BCUT2D eigenvalue weighted by atomic mass is 10.0. The smallest absolute Gasteiger partial charge is 0.261 e. The van der Waals surface area contributed by atoms with Crippen molar-refractivity contribution in [3.8, 4) is 5.75 Å². The summed E-state index contributed by atoms with van der Waals surface area (Å²) in [7, 11) is 1.55. The van der Waals surface area contributed by atoms with Gasteiger partial charge in [0.25, 0.3) is 5.91 Å². The van der Waals surface area contributed by atoms with Crippen LogP contribution in [0.2, 0.25) is 15.1 Å². The van der Waals surface area contributed by atoms with Crippen molar-refractivity contribution in [2.45, 2.75) is 32.9 Å². The Bertz CT molecular complexity index is 1180. The van der Waals surface area contributed by atoms with Gasteiger partial charge in [0.2, 0.25) is 5.91 Å². The lowest BCUT2D eigenvalue weighted by Crippen LogP contribution is -2.51. The maximum Gasteiger partial charge on any atom is 0.261 e. The van der Waals surface area contributed by atoms with Gasteiger partial charge in [-0.25, -0.2) is 0 Å². The van der Waals surface area contributed by atoms with E-state index in [9.17, 15) is 9.59 Å². The van der Waals surface area contributed by atoms with E-state index >= 15 is 0 Å². The van der Waals surface area contributed by atoms with Crippen molar-refractivity contribution in [1.82, 2.24) is 10.2 Å². The molecule has 0 saturated heterocycles. The largest absolute Gasteiger partial charge is 0.484 e. The number of carbonyl (C=O) groups is 2. The van der Waals surface area contributed by atoms with Gasteiger partial charge in [0, 0.05) is 25.0 Å². The summed E-state index contributed by atoms with van der Waals surface area (Å²) in [4.78, 5) is 28.0. The van der Waals surface area contributed by atoms with Crippen LogP contribution in [0.4, 0.5) is 0 Å². The molecule has 35 heavy (non-hydrogen) atoms. The first kappa shape index (κ1) is 26.9. The van der Waals surface area contributed by atoms with Crippen LogP contribution in [0, 0.1) is 13.8 Å². The van der Waals surface area contributed by atoms with Gasteiger partial charge in [0.05, 0.1) is 10.0 Å². The number of likely N-dealkylation sites (N-methyl/N-ethyl adjacent to an activating group) is 1. The molecule has 2 amide bonds. The molecule has 0 heterocycles. The zero-order chi connectivity index (χ0) is 25.5. The molecule has 184 valence electrons. The van der Waals surface area contributed by atoms with Crippen LogP contribution in [0.3, 0.4) is 0 Å². The maximum atomic E-state index is 13.5. The van der Waals surface area contributed by atoms with Gasteiger partial charge in [-0.3, -0.25) is 9.59 Å². The van der Waals surface area contributed by atoms with E-state index in [0.29, 0.717) is 27.2 Å². The van der Waals surface area contributed by atoms with Crippen molar-refractivity contribution in [1.29, 1.82) is 0 Å². The van der Waals surface area contributed by atoms with Gasteiger partial charge < -0.3 is 15.0 Å². The van der Waals surface area contributed by atoms with Crippen molar-refractivity contribution in [2.24, 2.45) is 0 Å². The normalized spacial score (nSPS) is 11.6. The Morgan fingerprint density at radius 1 is 0.914 bits per heavy atom. The van der Waals surface area contributed by atoms with Crippen molar-refractivity contribution < 1.29 is 14.3 Å². The number of amides is 2. The average molecular weight is 534 g/mol. The zero-order valence-corrected chi connectivity index (χ0v) is 22.0. The third kappa shape index (κ3) is 7.14. The topological polar surface area (TPSA) is 58.6 Å². The predicted molar refractivity (Wildman–Crippen MR) is 141 cm³/mol. The molecule has 0 saturated carbocycles. The Morgan fingerprint density at radius 3 is 2.17 bits per heavy atom. The Morgan fingerprint density at radius 2 is 1.57 bits per heavy atom. The van der Waals surface area contributed by atoms with Gasteiger partial charge >= 0.3 is 0 Å². The molecular weight excluding hydrogens is 507 g/mol. The molecule has 1 atom stereocenters. The molecule has 3 aromatic carbocycles. The van der Waals surface area contributed by atoms with Crippen LogP contribution >= 0.6 is 34.8 Å². The molecule has 0 spiro atoms. The molecule has 0 fully saturated rings. The quantitative estimate of drug-likeness (QED) is 0.365. The minimum atomic E-state index is -0.762. The second kappa shape index (κ2) is 12.3. The van der Waals surface area contributed by atoms with Gasteiger partial charge in [-0.2, -0.15) is 0 Å². The highest BCUT2D eigenvalue weighted by Gasteiger charge is 2.30. The number of ether oxygens (including phenoxy) is 1. The summed E-state index contributed by atoms with van der Waals surface area (Å²) in [6, 6.07) is 17.5. The third-order valence-corrected chi connectivity index (χ3v) is 6.96. The first-order chi connectivity index (χ1) is 16.7. The maximum absolute atomic E-state index is 13.5. The Labute approximate surface area is 220 Å². The number of aryl methyl sites for hydroxylation is 2. The van der Waals surface area contributed by atoms with Gasteiger partial charge in [-0.1, -0.05) is 71.2 Å². The number of rotatable bonds is 9. The molecule has 0 unspecified atom stereocenters. The minimum Gasteiger partial charge on any atom is -0.484 e. The van der Waals surface area contributed by atoms with Crippen LogP contribution < -0.4 is 10.1 Å². The zero-order valence-electron chi connectivity index (χ0n) is 19.8. The standard InChI is InChI=1S/C27H27Cl3N2O3/c1-17-11-21(12-18(2)26(17)30)35-16-25(33)32(15-20-9-10-22(28)23(29)13-20)24(27(34)31-3)14-19-7-5-4-6-8-19/h4-13,24H,14-16H2,1-3H3,(H,31,34)/t24-/m1/s1. The molecule has 0 bridgehead atoms. The van der Waals surface area contributed by atoms with E-state index in [1.807, 2.05) is 44.2 Å². The monoisotopic (exact) mass is 532 g/mol. The number of halogens is 3. The van der Waals surface area contributed by atoms with Crippen LogP contribution in [0.25, 0.3) is 0 Å². The Balaban J connectivity index is 1.90. The first-order valence-electron chi connectivity index (χ1n) is 11.1. The summed E-state index contributed by atoms with van der Waals surface area (Å²) in [5.41, 5.74) is 3.38. The van der Waals surface area contributed by atoms with E-state index in [1.165, 1.54) is 4.90 Å². The number of hydrogen-bond acceptors (Lipinski definition) is 3. The summed E-state index contributed by atoms with van der Waals surface area (Å²) in [5.74, 6) is -0.0851. The minimum absolute atomic E-state index is 0.155. The fourth-order valence-corrected chi connectivity index (χ4v) is 4.20. The second-order valence-electron chi connectivity index (χ2n) is 8.25. The SMILES string of the molecule is CNC(=O)[C@@H](Cc1ccccc1)N(Cc1ccc(Cl)c(Cl)c1)C(=O)COc1cc(C)c(Cl)c(C)c1. The predicted octanol–water partition coefficient (Wildman–Crippen LogP) is 6.03. The molecule has 0 aliphatic carbocycles. The van der Waals surface area contributed by atoms with Crippen molar-refractivity contribution in [2.75, 3.05) is 13.7 Å². The molecule has 3 aromatic rings. The van der Waals surface area contributed by atoms with Gasteiger partial charge in [-0.15, -0.1) is 0 Å². The second-order valence-corrected chi connectivity index (χ2v) is 9.44. The van der Waals surface area contributed by atoms with Crippen LogP contribution in [-0.2, 0) is 22.6 Å². The van der Waals surface area contributed by atoms with Gasteiger partial charge in [-0.05, 0) is 60.4 Å². The molecule has 0 aliphatic rings. The van der Waals surface area contributed by atoms with Crippen molar-refractivity contribution in [3.05, 3.63) is 98.0 Å². The third-order valence-electron chi connectivity index (χ3n) is 5.63. The number of benzene rings is 3. The van der Waals surface area contributed by atoms with Gasteiger partial charge in [0.1, 0.15) is 11.8 Å². The Kier molecular flexibility index (Phi) is 9.44. The summed E-state index contributed by atoms with van der Waals surface area (Å²) in [6.45, 7) is 3.66. The lowest BCUT2D eigenvalue weighted by molar-refractivity contribution is -0.142. The van der Waals surface area contributed by atoms with E-state index in [1.54, 1.807) is 37.4 Å². The molecule has 3 rings (SSSR count). The molecule has 0 radical (unpaired) electrons. The highest BCUT2D eigenvalue weighted by Crippen LogP contribution is 2.27. The van der Waals surface area contributed by atoms with Crippen LogP contribution in [0.5, 0.6) is 5.75 Å². The molecular formula is C27H27Cl3N2O3. The van der Waals surface area contributed by atoms with E-state index in [-0.39, 0.29) is 25.0 Å². The van der Waals surface area contributed by atoms with E-state index in [2.05, 4.69) is 5.32 Å². The highest BCUT2D eigenvalue weighted by molar-refractivity contribution is 6.42. The van der Waals surface area contributed by atoms with Crippen molar-refractivity contribution in [3.63, 3.8) is 0 Å². The van der Waals surface area contributed by atoms with Crippen molar-refractivity contribution >= 4 is 46.6 Å². The fraction of sp³-hybridized carbons (Fsp3) is 0.259. The van der Waals surface area contributed by atoms with E-state index in [4.69, 9.17) is 39.5 Å². The van der Waals surface area contributed by atoms with Crippen LogP contribution in [0.1, 0.15) is 22.3 Å². The molecule has 0 aromatic heterocycles. The first-order valence-corrected chi connectivity index (χ1v) is 12.2. The molecule has 8 heteroatoms. The summed E-state index contributed by atoms with van der Waals surface area (Å²) in [5, 5.41) is 4.13. The van der Waals surface area contributed by atoms with Crippen LogP contribution in [0.15, 0.2) is 60.7 Å². The lowest BCUT2D eigenvalue weighted by Gasteiger charge is -2.31. The Hall–Kier alpha value is -2.73. The molecule has 0 aliphatic heterocycles. The molecule has 5 nitrogen and oxygen atoms in total. The highest BCUT2D eigenvalue weighted by atomic mass is 35.5. The number of nitrogens with zero attached hydrogens (tertiary/aromatic N) is 1. The number of hydrogen-bond donors (Lipinski definition) is 1. The summed E-state index contributed by atoms with van der Waals surface area (Å²) >= 11 is 18.5. The summed E-state index contributed by atoms with van der Waals surface area (Å²) < 4.78 is 5.83. The van der Waals surface area contributed by atoms with E-state index < -0.39 is 6.04 Å². The fourth-order valence-electron chi connectivity index (χ4n) is 3.77. The number of nitrogens with one attached hydrogen (secondary N) is 1. The van der Waals surface area contributed by atoms with Crippen LogP contribution in [-0.4, -0.2) is 36.4 Å². The van der Waals surface area contributed by atoms with E-state index in [0.717, 1.165) is 22.3 Å². The molecule has 1 N–H and O–H groups in total. The van der Waals surface area contributed by atoms with Gasteiger partial charge in [0.15, 0.2) is 6.61 Å². The number of carbonyl (C=O) groups excluding carboxylic acids is 2. The summed E-state index contributed by atoms with van der Waals surface area (Å²) in [6.07, 6.45) is 0.340.